The van der Waals surface area contributed by atoms with Crippen LogP contribution in [-0.2, 0) is 6.42 Å². The van der Waals surface area contributed by atoms with Crippen molar-refractivity contribution in [1.82, 2.24) is 15.4 Å². The molecule has 0 fully saturated rings. The first kappa shape index (κ1) is 14.4. The molecule has 0 radical (unpaired) electrons. The van der Waals surface area contributed by atoms with Crippen LogP contribution in [0.1, 0.15) is 21.1 Å². The third-order valence-corrected chi connectivity index (χ3v) is 4.00. The van der Waals surface area contributed by atoms with Gasteiger partial charge in [0.25, 0.3) is 5.91 Å². The van der Waals surface area contributed by atoms with Crippen LogP contribution in [0, 0.1) is 0 Å². The van der Waals surface area contributed by atoms with Gasteiger partial charge in [-0.2, -0.15) is 0 Å². The highest BCUT2D eigenvalue weighted by Gasteiger charge is 2.08. The molecule has 6 heteroatoms. The summed E-state index contributed by atoms with van der Waals surface area (Å²) in [5.74, 6) is -0.527. The maximum atomic E-state index is 11.3. The first-order chi connectivity index (χ1) is 10.8. The van der Waals surface area contributed by atoms with Gasteiger partial charge in [0.05, 0.1) is 10.7 Å². The largest absolute Gasteiger partial charge is 0.288 e. The SMILES string of the molecule is O=C(NO)c1ccc(-c2csc(Cc3ccccn3)n2)cc1. The third-order valence-electron chi connectivity index (χ3n) is 3.15. The standard InChI is InChI=1S/C16H13N3O2S/c20-16(19-21)12-6-4-11(5-7-12)14-10-22-15(18-14)9-13-3-1-2-8-17-13/h1-8,10,21H,9H2,(H,19,20). The molecule has 0 aliphatic rings. The molecule has 1 amide bonds. The van der Waals surface area contributed by atoms with Crippen LogP contribution in [0.4, 0.5) is 0 Å². The topological polar surface area (TPSA) is 75.1 Å². The summed E-state index contributed by atoms with van der Waals surface area (Å²) in [6, 6.07) is 12.7. The van der Waals surface area contributed by atoms with Crippen LogP contribution in [0.15, 0.2) is 54.0 Å². The molecule has 2 heterocycles. The van der Waals surface area contributed by atoms with Gasteiger partial charge in [-0.05, 0) is 24.3 Å². The number of rotatable bonds is 4. The van der Waals surface area contributed by atoms with E-state index in [1.807, 2.05) is 35.7 Å². The average molecular weight is 311 g/mol. The monoisotopic (exact) mass is 311 g/mol. The van der Waals surface area contributed by atoms with E-state index in [0.29, 0.717) is 12.0 Å². The van der Waals surface area contributed by atoms with E-state index in [-0.39, 0.29) is 0 Å². The zero-order valence-corrected chi connectivity index (χ0v) is 12.4. The van der Waals surface area contributed by atoms with Crippen LogP contribution in [0.3, 0.4) is 0 Å². The molecule has 1 aromatic carbocycles. The highest BCUT2D eigenvalue weighted by Crippen LogP contribution is 2.23. The number of hydrogen-bond donors (Lipinski definition) is 2. The first-order valence-corrected chi connectivity index (χ1v) is 7.53. The van der Waals surface area contributed by atoms with E-state index in [1.54, 1.807) is 35.1 Å². The maximum Gasteiger partial charge on any atom is 0.274 e. The van der Waals surface area contributed by atoms with Gasteiger partial charge in [0.15, 0.2) is 0 Å². The van der Waals surface area contributed by atoms with Gasteiger partial charge in [-0.25, -0.2) is 10.5 Å². The summed E-state index contributed by atoms with van der Waals surface area (Å²) in [6.45, 7) is 0. The number of nitrogens with one attached hydrogen (secondary N) is 1. The Hall–Kier alpha value is -2.57. The molecule has 3 rings (SSSR count). The normalized spacial score (nSPS) is 10.4. The van der Waals surface area contributed by atoms with E-state index in [9.17, 15) is 4.79 Å². The van der Waals surface area contributed by atoms with E-state index in [0.717, 1.165) is 22.0 Å². The van der Waals surface area contributed by atoms with Gasteiger partial charge in [0.1, 0.15) is 0 Å². The molecule has 5 nitrogen and oxygen atoms in total. The van der Waals surface area contributed by atoms with Crippen LogP contribution >= 0.6 is 11.3 Å². The molecule has 0 saturated carbocycles. The minimum atomic E-state index is -0.527. The summed E-state index contributed by atoms with van der Waals surface area (Å²) in [4.78, 5) is 20.2. The highest BCUT2D eigenvalue weighted by molar-refractivity contribution is 7.10. The predicted octanol–water partition coefficient (Wildman–Crippen LogP) is 2.91. The Kier molecular flexibility index (Phi) is 4.22. The smallest absolute Gasteiger partial charge is 0.274 e. The van der Waals surface area contributed by atoms with Crippen molar-refractivity contribution in [3.05, 3.63) is 70.3 Å². The summed E-state index contributed by atoms with van der Waals surface area (Å²) in [5.41, 5.74) is 4.79. The number of carbonyl (C=O) groups excluding carboxylic acids is 1. The lowest BCUT2D eigenvalue weighted by molar-refractivity contribution is 0.0706. The van der Waals surface area contributed by atoms with E-state index < -0.39 is 5.91 Å². The van der Waals surface area contributed by atoms with E-state index in [1.165, 1.54) is 0 Å². The van der Waals surface area contributed by atoms with E-state index in [2.05, 4.69) is 9.97 Å². The molecule has 3 aromatic rings. The van der Waals surface area contributed by atoms with Gasteiger partial charge in [0.2, 0.25) is 0 Å². The van der Waals surface area contributed by atoms with Crippen LogP contribution in [-0.4, -0.2) is 21.1 Å². The van der Waals surface area contributed by atoms with Gasteiger partial charge in [0, 0.05) is 34.8 Å². The Bertz CT molecular complexity index is 770. The minimum absolute atomic E-state index is 0.398. The summed E-state index contributed by atoms with van der Waals surface area (Å²) in [7, 11) is 0. The number of hydrogen-bond acceptors (Lipinski definition) is 5. The Morgan fingerprint density at radius 2 is 2.00 bits per heavy atom. The molecule has 0 aliphatic carbocycles. The molecular formula is C16H13N3O2S. The molecule has 0 aliphatic heterocycles. The number of carbonyl (C=O) groups is 1. The van der Waals surface area contributed by atoms with Crippen molar-refractivity contribution in [3.8, 4) is 11.3 Å². The second-order valence-electron chi connectivity index (χ2n) is 4.64. The van der Waals surface area contributed by atoms with Gasteiger partial charge in [-0.1, -0.05) is 18.2 Å². The number of amides is 1. The van der Waals surface area contributed by atoms with Gasteiger partial charge in [-0.3, -0.25) is 15.0 Å². The molecule has 0 bridgehead atoms. The number of benzene rings is 1. The van der Waals surface area contributed by atoms with E-state index >= 15 is 0 Å². The Balaban J connectivity index is 1.77. The van der Waals surface area contributed by atoms with Crippen molar-refractivity contribution in [2.75, 3.05) is 0 Å². The van der Waals surface area contributed by atoms with Crippen LogP contribution < -0.4 is 5.48 Å². The number of hydroxylamine groups is 1. The molecule has 2 aromatic heterocycles. The van der Waals surface area contributed by atoms with Crippen molar-refractivity contribution < 1.29 is 10.0 Å². The summed E-state index contributed by atoms with van der Waals surface area (Å²) in [5, 5.41) is 11.6. The molecule has 0 unspecified atom stereocenters. The molecule has 0 saturated heterocycles. The van der Waals surface area contributed by atoms with Gasteiger partial charge in [-0.15, -0.1) is 11.3 Å². The van der Waals surface area contributed by atoms with Crippen molar-refractivity contribution >= 4 is 17.2 Å². The fraction of sp³-hybridized carbons (Fsp3) is 0.0625. The van der Waals surface area contributed by atoms with Gasteiger partial charge < -0.3 is 0 Å². The second-order valence-corrected chi connectivity index (χ2v) is 5.59. The number of aromatic nitrogens is 2. The zero-order valence-electron chi connectivity index (χ0n) is 11.6. The fourth-order valence-electron chi connectivity index (χ4n) is 2.04. The summed E-state index contributed by atoms with van der Waals surface area (Å²) < 4.78 is 0. The van der Waals surface area contributed by atoms with Crippen molar-refractivity contribution in [3.63, 3.8) is 0 Å². The minimum Gasteiger partial charge on any atom is -0.288 e. The molecule has 2 N–H and O–H groups in total. The van der Waals surface area contributed by atoms with Crippen molar-refractivity contribution in [2.24, 2.45) is 0 Å². The number of pyridine rings is 1. The highest BCUT2D eigenvalue weighted by atomic mass is 32.1. The Labute approximate surface area is 131 Å². The lowest BCUT2D eigenvalue weighted by atomic mass is 10.1. The maximum absolute atomic E-state index is 11.3. The van der Waals surface area contributed by atoms with Crippen LogP contribution in [0.2, 0.25) is 0 Å². The number of nitrogens with zero attached hydrogens (tertiary/aromatic N) is 2. The fourth-order valence-corrected chi connectivity index (χ4v) is 2.86. The molecule has 0 spiro atoms. The quantitative estimate of drug-likeness (QED) is 0.574. The number of thiazole rings is 1. The van der Waals surface area contributed by atoms with E-state index in [4.69, 9.17) is 5.21 Å². The lowest BCUT2D eigenvalue weighted by Crippen LogP contribution is -2.18. The molecule has 110 valence electrons. The molecular weight excluding hydrogens is 298 g/mol. The predicted molar refractivity (Wildman–Crippen MR) is 83.8 cm³/mol. The Morgan fingerprint density at radius 1 is 1.18 bits per heavy atom. The third kappa shape index (κ3) is 3.19. The molecule has 22 heavy (non-hydrogen) atoms. The van der Waals surface area contributed by atoms with Crippen LogP contribution in [0.5, 0.6) is 0 Å². The Morgan fingerprint density at radius 3 is 2.68 bits per heavy atom. The summed E-state index contributed by atoms with van der Waals surface area (Å²) >= 11 is 1.58. The average Bonchev–Trinajstić information content (AvgIpc) is 3.04. The first-order valence-electron chi connectivity index (χ1n) is 6.65. The summed E-state index contributed by atoms with van der Waals surface area (Å²) in [6.07, 6.45) is 2.48. The molecule has 0 atom stereocenters. The zero-order chi connectivity index (χ0) is 15.4. The van der Waals surface area contributed by atoms with Gasteiger partial charge >= 0.3 is 0 Å². The lowest BCUT2D eigenvalue weighted by Gasteiger charge is -2.00. The van der Waals surface area contributed by atoms with Crippen molar-refractivity contribution in [1.29, 1.82) is 0 Å². The van der Waals surface area contributed by atoms with Crippen LogP contribution in [0.25, 0.3) is 11.3 Å². The second kappa shape index (κ2) is 6.46. The van der Waals surface area contributed by atoms with Crippen molar-refractivity contribution in [2.45, 2.75) is 6.42 Å².